The molecule has 2 amide bonds. The maximum atomic E-state index is 13.2. The molecule has 1 aliphatic rings. The van der Waals surface area contributed by atoms with Gasteiger partial charge in [0.1, 0.15) is 22.0 Å². The van der Waals surface area contributed by atoms with E-state index in [-0.39, 0.29) is 20.9 Å². The highest BCUT2D eigenvalue weighted by Crippen LogP contribution is 2.58. The number of carbonyl (C=O) groups excluding carboxylic acids is 1. The van der Waals surface area contributed by atoms with Gasteiger partial charge in [0.25, 0.3) is 10.0 Å². The summed E-state index contributed by atoms with van der Waals surface area (Å²) in [6.45, 7) is 2.47. The quantitative estimate of drug-likeness (QED) is 0.285. The molecule has 2 N–H and O–H groups in total. The summed E-state index contributed by atoms with van der Waals surface area (Å²) in [4.78, 5) is 17.5. The average Bonchev–Trinajstić information content (AvgIpc) is 3.38. The Balaban J connectivity index is 1.48. The fourth-order valence-corrected chi connectivity index (χ4v) is 6.27. The lowest BCUT2D eigenvalue weighted by Gasteiger charge is -2.22. The number of ether oxygens (including phenoxy) is 1. The number of halogens is 2. The van der Waals surface area contributed by atoms with E-state index < -0.39 is 21.6 Å². The topological polar surface area (TPSA) is 102 Å². The monoisotopic (exact) mass is 570 g/mol. The lowest BCUT2D eigenvalue weighted by molar-refractivity contribution is 0.239. The van der Waals surface area contributed by atoms with Gasteiger partial charge in [-0.3, -0.25) is 0 Å². The Labute approximate surface area is 230 Å². The van der Waals surface area contributed by atoms with Crippen molar-refractivity contribution in [1.82, 2.24) is 19.6 Å². The van der Waals surface area contributed by atoms with Gasteiger partial charge in [0.2, 0.25) is 0 Å². The minimum absolute atomic E-state index is 0.0649. The summed E-state index contributed by atoms with van der Waals surface area (Å²) in [5.74, 6) is 1.18. The van der Waals surface area contributed by atoms with Crippen LogP contribution in [-0.4, -0.2) is 30.6 Å². The van der Waals surface area contributed by atoms with E-state index in [0.717, 1.165) is 17.0 Å². The molecule has 0 radical (unpaired) electrons. The van der Waals surface area contributed by atoms with Crippen LogP contribution in [0.1, 0.15) is 30.7 Å². The molecule has 2 atom stereocenters. The Morgan fingerprint density at radius 1 is 1.08 bits per heavy atom. The van der Waals surface area contributed by atoms with Crippen molar-refractivity contribution in [2.75, 3.05) is 6.61 Å². The van der Waals surface area contributed by atoms with Gasteiger partial charge in [-0.05, 0) is 55.3 Å². The first-order chi connectivity index (χ1) is 18.2. The van der Waals surface area contributed by atoms with Gasteiger partial charge in [-0.1, -0.05) is 59.6 Å². The largest absolute Gasteiger partial charge is 0.494 e. The zero-order valence-electron chi connectivity index (χ0n) is 20.3. The number of imidazole rings is 1. The Hall–Kier alpha value is -3.53. The highest BCUT2D eigenvalue weighted by Gasteiger charge is 2.60. The average molecular weight is 571 g/mol. The van der Waals surface area contributed by atoms with Crippen molar-refractivity contribution >= 4 is 39.3 Å². The van der Waals surface area contributed by atoms with Crippen LogP contribution in [0.5, 0.6) is 5.75 Å². The summed E-state index contributed by atoms with van der Waals surface area (Å²) in [7, 11) is -4.30. The number of benzene rings is 3. The van der Waals surface area contributed by atoms with E-state index in [4.69, 9.17) is 27.9 Å². The predicted molar refractivity (Wildman–Crippen MR) is 146 cm³/mol. The summed E-state index contributed by atoms with van der Waals surface area (Å²) in [5, 5.41) is 2.81. The number of sulfonamides is 1. The molecular formula is C27H24Cl2N4O4S. The lowest BCUT2D eigenvalue weighted by Crippen LogP contribution is -2.46. The van der Waals surface area contributed by atoms with Crippen molar-refractivity contribution in [2.45, 2.75) is 29.7 Å². The fourth-order valence-electron chi connectivity index (χ4n) is 4.60. The van der Waals surface area contributed by atoms with Crippen molar-refractivity contribution in [3.63, 3.8) is 0 Å². The predicted octanol–water partition coefficient (Wildman–Crippen LogP) is 5.65. The van der Waals surface area contributed by atoms with Gasteiger partial charge in [0.15, 0.2) is 0 Å². The Kier molecular flexibility index (Phi) is 7.09. The van der Waals surface area contributed by atoms with Crippen molar-refractivity contribution in [1.29, 1.82) is 0 Å². The van der Waals surface area contributed by atoms with Crippen LogP contribution in [-0.2, 0) is 15.6 Å². The maximum Gasteiger partial charge on any atom is 0.329 e. The van der Waals surface area contributed by atoms with Crippen molar-refractivity contribution in [2.24, 2.45) is 0 Å². The van der Waals surface area contributed by atoms with Gasteiger partial charge in [-0.2, -0.15) is 0 Å². The van der Waals surface area contributed by atoms with E-state index >= 15 is 0 Å². The molecule has 5 rings (SSSR count). The van der Waals surface area contributed by atoms with Gasteiger partial charge in [0, 0.05) is 24.0 Å². The molecule has 1 heterocycles. The smallest absolute Gasteiger partial charge is 0.329 e. The SMILES string of the molecule is CCOc1ccc(-n2ccnc2[C@]2(NC(=O)NS(=O)(=O)c3cccc(Cl)c3Cl)CC2c2ccccc2)cc1. The highest BCUT2D eigenvalue weighted by atomic mass is 35.5. The number of hydrogen-bond acceptors (Lipinski definition) is 5. The van der Waals surface area contributed by atoms with Crippen LogP contribution in [0.25, 0.3) is 5.69 Å². The van der Waals surface area contributed by atoms with Crippen LogP contribution < -0.4 is 14.8 Å². The molecule has 1 unspecified atom stereocenters. The first-order valence-electron chi connectivity index (χ1n) is 11.9. The Morgan fingerprint density at radius 2 is 1.82 bits per heavy atom. The van der Waals surface area contributed by atoms with Gasteiger partial charge in [-0.15, -0.1) is 0 Å². The van der Waals surface area contributed by atoms with E-state index in [1.165, 1.54) is 18.2 Å². The molecule has 8 nitrogen and oxygen atoms in total. The van der Waals surface area contributed by atoms with E-state index in [9.17, 15) is 13.2 Å². The fraction of sp³-hybridized carbons (Fsp3) is 0.185. The van der Waals surface area contributed by atoms with Crippen molar-refractivity contribution in [3.8, 4) is 11.4 Å². The normalized spacial score (nSPS) is 18.6. The molecular weight excluding hydrogens is 547 g/mol. The molecule has 1 aromatic heterocycles. The third-order valence-corrected chi connectivity index (χ3v) is 8.70. The van der Waals surface area contributed by atoms with Crippen LogP contribution >= 0.6 is 23.2 Å². The number of nitrogens with one attached hydrogen (secondary N) is 2. The summed E-state index contributed by atoms with van der Waals surface area (Å²) in [6.07, 6.45) is 3.97. The summed E-state index contributed by atoms with van der Waals surface area (Å²) in [5.41, 5.74) is 0.857. The molecule has 11 heteroatoms. The first kappa shape index (κ1) is 26.1. The van der Waals surface area contributed by atoms with E-state index in [1.54, 1.807) is 12.4 Å². The summed E-state index contributed by atoms with van der Waals surface area (Å²) < 4.78 is 35.5. The summed E-state index contributed by atoms with van der Waals surface area (Å²) >= 11 is 12.1. The van der Waals surface area contributed by atoms with Crippen LogP contribution in [0.15, 0.2) is 90.1 Å². The maximum absolute atomic E-state index is 13.2. The second-order valence-electron chi connectivity index (χ2n) is 8.80. The van der Waals surface area contributed by atoms with Crippen LogP contribution in [0.2, 0.25) is 10.0 Å². The third kappa shape index (κ3) is 4.97. The molecule has 4 aromatic rings. The molecule has 0 bridgehead atoms. The molecule has 3 aromatic carbocycles. The van der Waals surface area contributed by atoms with Crippen LogP contribution in [0.3, 0.4) is 0 Å². The van der Waals surface area contributed by atoms with Gasteiger partial charge in [-0.25, -0.2) is 22.9 Å². The van der Waals surface area contributed by atoms with E-state index in [2.05, 4.69) is 15.0 Å². The Morgan fingerprint density at radius 3 is 2.53 bits per heavy atom. The number of urea groups is 1. The Bertz CT molecular complexity index is 1580. The van der Waals surface area contributed by atoms with Crippen LogP contribution in [0, 0.1) is 0 Å². The van der Waals surface area contributed by atoms with Crippen molar-refractivity contribution in [3.05, 3.63) is 107 Å². The van der Waals surface area contributed by atoms with Gasteiger partial charge < -0.3 is 14.6 Å². The zero-order valence-corrected chi connectivity index (χ0v) is 22.6. The van der Waals surface area contributed by atoms with Crippen molar-refractivity contribution < 1.29 is 17.9 Å². The minimum atomic E-state index is -4.30. The third-order valence-electron chi connectivity index (χ3n) is 6.40. The molecule has 1 saturated carbocycles. The lowest BCUT2D eigenvalue weighted by atomic mass is 10.1. The van der Waals surface area contributed by atoms with Gasteiger partial charge in [0.05, 0.1) is 16.7 Å². The molecule has 0 aliphatic heterocycles. The number of amides is 2. The number of aromatic nitrogens is 2. The van der Waals surface area contributed by atoms with E-state index in [1.807, 2.05) is 66.1 Å². The highest BCUT2D eigenvalue weighted by molar-refractivity contribution is 7.90. The molecule has 0 saturated heterocycles. The summed E-state index contributed by atoms with van der Waals surface area (Å²) in [6, 6.07) is 20.5. The number of nitrogens with zero attached hydrogens (tertiary/aromatic N) is 2. The molecule has 196 valence electrons. The van der Waals surface area contributed by atoms with E-state index in [0.29, 0.717) is 18.9 Å². The number of carbonyl (C=O) groups is 1. The number of hydrogen-bond donors (Lipinski definition) is 2. The molecule has 1 fully saturated rings. The zero-order chi connectivity index (χ0) is 26.9. The molecule has 38 heavy (non-hydrogen) atoms. The van der Waals surface area contributed by atoms with Gasteiger partial charge >= 0.3 is 6.03 Å². The number of rotatable bonds is 8. The minimum Gasteiger partial charge on any atom is -0.494 e. The first-order valence-corrected chi connectivity index (χ1v) is 14.1. The molecule has 1 aliphatic carbocycles. The second kappa shape index (κ2) is 10.3. The van der Waals surface area contributed by atoms with Crippen LogP contribution in [0.4, 0.5) is 4.79 Å². The second-order valence-corrected chi connectivity index (χ2v) is 11.2. The standard InChI is InChI=1S/C27H24Cl2N4O4S/c1-2-37-20-13-11-19(12-14-20)33-16-15-30-25(33)27(17-21(27)18-7-4-3-5-8-18)31-26(34)32-38(35,36)23-10-6-9-22(28)24(23)29/h3-16,21H,2,17H2,1H3,(H2,31,32,34)/t21?,27-/m0/s1. The molecule has 0 spiro atoms.